The summed E-state index contributed by atoms with van der Waals surface area (Å²) in [4.78, 5) is 13.8. The Morgan fingerprint density at radius 2 is 2.46 bits per heavy atom. The van der Waals surface area contributed by atoms with Gasteiger partial charge >= 0.3 is 5.97 Å². The summed E-state index contributed by atoms with van der Waals surface area (Å²) in [5.41, 5.74) is 0.238. The number of nitrogens with one attached hydrogen (secondary N) is 1. The van der Waals surface area contributed by atoms with Crippen molar-refractivity contribution in [1.82, 2.24) is 4.98 Å². The third-order valence-electron chi connectivity index (χ3n) is 1.46. The number of nitrogens with zero attached hydrogens (tertiary/aromatic N) is 1. The van der Waals surface area contributed by atoms with E-state index in [0.29, 0.717) is 4.51 Å². The van der Waals surface area contributed by atoms with Gasteiger partial charge in [-0.15, -0.1) is 0 Å². The van der Waals surface area contributed by atoms with Crippen LogP contribution in [-0.2, 0) is 4.74 Å². The second-order valence-corrected chi connectivity index (χ2v) is 2.64. The first-order chi connectivity index (χ1) is 6.20. The number of aromatic nitrogens is 1. The minimum absolute atomic E-state index is 0.113. The van der Waals surface area contributed by atoms with Gasteiger partial charge in [-0.1, -0.05) is 12.2 Å². The highest BCUT2D eigenvalue weighted by Crippen LogP contribution is 2.08. The lowest BCUT2D eigenvalue weighted by Crippen LogP contribution is -2.06. The highest BCUT2D eigenvalue weighted by atomic mass is 32.1. The largest absolute Gasteiger partial charge is 0.465 e. The molecule has 1 heterocycles. The third-order valence-corrected chi connectivity index (χ3v) is 1.80. The number of carbonyl (C=O) groups is 1. The van der Waals surface area contributed by atoms with Crippen molar-refractivity contribution in [2.45, 2.75) is 0 Å². The molecule has 1 N–H and O–H groups in total. The molecule has 0 aliphatic carbocycles. The second kappa shape index (κ2) is 3.83. The summed E-state index contributed by atoms with van der Waals surface area (Å²) < 4.78 is 4.79. The quantitative estimate of drug-likeness (QED) is 0.542. The van der Waals surface area contributed by atoms with Gasteiger partial charge < -0.3 is 9.72 Å². The summed E-state index contributed by atoms with van der Waals surface area (Å²) in [7, 11) is 1.24. The van der Waals surface area contributed by atoms with Gasteiger partial charge in [0.05, 0.1) is 11.6 Å². The van der Waals surface area contributed by atoms with E-state index in [-0.39, 0.29) is 11.3 Å². The zero-order chi connectivity index (χ0) is 9.84. The molecule has 1 aromatic heterocycles. The van der Waals surface area contributed by atoms with Gasteiger partial charge in [0.15, 0.2) is 0 Å². The standard InChI is InChI=1S/C8H6N2O2S/c1-12-8(11)7-5(4-9)10-3-2-6(7)13/h2-3H,1H3,(H,10,13). The summed E-state index contributed by atoms with van der Waals surface area (Å²) in [5.74, 6) is -0.599. The predicted octanol–water partition coefficient (Wildman–Crippen LogP) is 1.40. The van der Waals surface area contributed by atoms with Gasteiger partial charge in [0.2, 0.25) is 0 Å². The van der Waals surface area contributed by atoms with Crippen molar-refractivity contribution in [2.75, 3.05) is 7.11 Å². The normalized spacial score (nSPS) is 8.92. The Morgan fingerprint density at radius 3 is 3.00 bits per heavy atom. The second-order valence-electron chi connectivity index (χ2n) is 2.20. The number of methoxy groups -OCH3 is 1. The van der Waals surface area contributed by atoms with E-state index in [9.17, 15) is 4.79 Å². The van der Waals surface area contributed by atoms with Crippen LogP contribution < -0.4 is 0 Å². The van der Waals surface area contributed by atoms with Crippen molar-refractivity contribution in [1.29, 1.82) is 5.26 Å². The average molecular weight is 194 g/mol. The molecule has 4 nitrogen and oxygen atoms in total. The molecule has 0 spiro atoms. The van der Waals surface area contributed by atoms with Gasteiger partial charge in [-0.3, -0.25) is 0 Å². The minimum Gasteiger partial charge on any atom is -0.465 e. The number of aromatic amines is 1. The summed E-state index contributed by atoms with van der Waals surface area (Å²) in [6.45, 7) is 0. The molecule has 13 heavy (non-hydrogen) atoms. The highest BCUT2D eigenvalue weighted by molar-refractivity contribution is 7.71. The van der Waals surface area contributed by atoms with Crippen LogP contribution in [0.2, 0.25) is 0 Å². The van der Waals surface area contributed by atoms with E-state index in [1.54, 1.807) is 0 Å². The molecule has 5 heteroatoms. The number of pyridine rings is 1. The van der Waals surface area contributed by atoms with Crippen LogP contribution in [0.4, 0.5) is 0 Å². The number of hydrogen-bond acceptors (Lipinski definition) is 4. The van der Waals surface area contributed by atoms with Gasteiger partial charge in [0, 0.05) is 6.20 Å². The lowest BCUT2D eigenvalue weighted by molar-refractivity contribution is 0.0599. The molecule has 1 aromatic rings. The number of hydrogen-bond donors (Lipinski definition) is 1. The monoisotopic (exact) mass is 194 g/mol. The topological polar surface area (TPSA) is 65.9 Å². The van der Waals surface area contributed by atoms with E-state index in [2.05, 4.69) is 9.72 Å². The lowest BCUT2D eigenvalue weighted by atomic mass is 10.2. The SMILES string of the molecule is COC(=O)c1c(C#N)[nH]ccc1=S. The van der Waals surface area contributed by atoms with Gasteiger partial charge in [0.25, 0.3) is 0 Å². The first-order valence-electron chi connectivity index (χ1n) is 3.40. The number of esters is 1. The van der Waals surface area contributed by atoms with Crippen LogP contribution in [0.5, 0.6) is 0 Å². The summed E-state index contributed by atoms with van der Waals surface area (Å²) >= 11 is 4.88. The molecule has 66 valence electrons. The number of nitriles is 1. The molecule has 0 fully saturated rings. The van der Waals surface area contributed by atoms with Gasteiger partial charge in [-0.25, -0.2) is 4.79 Å². The zero-order valence-corrected chi connectivity index (χ0v) is 7.64. The molecule has 0 radical (unpaired) electrons. The van der Waals surface area contributed by atoms with Crippen molar-refractivity contribution < 1.29 is 9.53 Å². The first kappa shape index (κ1) is 9.42. The summed E-state index contributed by atoms with van der Waals surface area (Å²) in [5, 5.41) is 8.65. The maximum Gasteiger partial charge on any atom is 0.342 e. The number of ether oxygens (including phenoxy) is 1. The van der Waals surface area contributed by atoms with Crippen molar-refractivity contribution in [3.8, 4) is 6.07 Å². The fourth-order valence-corrected chi connectivity index (χ4v) is 1.13. The molecular weight excluding hydrogens is 188 g/mol. The van der Waals surface area contributed by atoms with E-state index < -0.39 is 5.97 Å². The Kier molecular flexibility index (Phi) is 2.77. The molecule has 0 bridgehead atoms. The first-order valence-corrected chi connectivity index (χ1v) is 3.81. The highest BCUT2D eigenvalue weighted by Gasteiger charge is 2.13. The third kappa shape index (κ3) is 1.73. The van der Waals surface area contributed by atoms with Crippen molar-refractivity contribution in [3.63, 3.8) is 0 Å². The summed E-state index contributed by atoms with van der Waals surface area (Å²) in [6, 6.07) is 3.36. The average Bonchev–Trinajstić information content (AvgIpc) is 2.16. The van der Waals surface area contributed by atoms with E-state index in [4.69, 9.17) is 17.5 Å². The molecule has 0 aliphatic rings. The maximum absolute atomic E-state index is 11.2. The van der Waals surface area contributed by atoms with E-state index in [0.717, 1.165) is 0 Å². The Balaban J connectivity index is 3.42. The Hall–Kier alpha value is -1.67. The Bertz CT molecular complexity index is 431. The van der Waals surface area contributed by atoms with Crippen LogP contribution in [0.15, 0.2) is 12.3 Å². The molecule has 0 atom stereocenters. The molecule has 0 amide bonds. The molecule has 0 saturated carbocycles. The van der Waals surface area contributed by atoms with E-state index in [1.165, 1.54) is 19.4 Å². The van der Waals surface area contributed by atoms with Gasteiger partial charge in [-0.05, 0) is 6.07 Å². The smallest absolute Gasteiger partial charge is 0.342 e. The number of rotatable bonds is 1. The van der Waals surface area contributed by atoms with Crippen molar-refractivity contribution >= 4 is 18.2 Å². The molecule has 1 rings (SSSR count). The predicted molar refractivity (Wildman–Crippen MR) is 47.7 cm³/mol. The fraction of sp³-hybridized carbons (Fsp3) is 0.125. The van der Waals surface area contributed by atoms with Gasteiger partial charge in [0.1, 0.15) is 17.3 Å². The van der Waals surface area contributed by atoms with Crippen molar-refractivity contribution in [2.24, 2.45) is 0 Å². The molecular formula is C8H6N2O2S. The molecule has 0 aromatic carbocycles. The number of carbonyl (C=O) groups excluding carboxylic acids is 1. The van der Waals surface area contributed by atoms with Crippen LogP contribution in [0.3, 0.4) is 0 Å². The van der Waals surface area contributed by atoms with E-state index >= 15 is 0 Å². The van der Waals surface area contributed by atoms with Crippen LogP contribution >= 0.6 is 12.2 Å². The maximum atomic E-state index is 11.2. The zero-order valence-electron chi connectivity index (χ0n) is 6.83. The van der Waals surface area contributed by atoms with Crippen LogP contribution in [0.25, 0.3) is 0 Å². The van der Waals surface area contributed by atoms with Crippen LogP contribution in [0, 0.1) is 15.8 Å². The minimum atomic E-state index is -0.599. The Labute approximate surface area is 79.8 Å². The molecule has 0 unspecified atom stereocenters. The van der Waals surface area contributed by atoms with Crippen LogP contribution in [0.1, 0.15) is 16.1 Å². The lowest BCUT2D eigenvalue weighted by Gasteiger charge is -2.00. The fourth-order valence-electron chi connectivity index (χ4n) is 0.872. The van der Waals surface area contributed by atoms with E-state index in [1.807, 2.05) is 6.07 Å². The summed E-state index contributed by atoms with van der Waals surface area (Å²) in [6.07, 6.45) is 1.51. The molecule has 0 saturated heterocycles. The number of H-pyrrole nitrogens is 1. The molecule has 0 aliphatic heterocycles. The Morgan fingerprint density at radius 1 is 1.77 bits per heavy atom. The van der Waals surface area contributed by atoms with Crippen molar-refractivity contribution in [3.05, 3.63) is 28.0 Å². The van der Waals surface area contributed by atoms with Crippen LogP contribution in [-0.4, -0.2) is 18.1 Å². The van der Waals surface area contributed by atoms with Gasteiger partial charge in [-0.2, -0.15) is 5.26 Å².